The Balaban J connectivity index is 1.63. The van der Waals surface area contributed by atoms with Crippen molar-refractivity contribution in [1.29, 1.82) is 0 Å². The summed E-state index contributed by atoms with van der Waals surface area (Å²) in [5, 5.41) is 1.35. The standard InChI is InChI=1S/C23H21Cl2NO/c1-15-10-16-12-19(14-26(2)18-6-4-3-5-7-18)27-23(16)21(11-15)20-13-17(24)8-9-22(20)25/h3-11,13,19H,12,14H2,1-2H3. The van der Waals surface area contributed by atoms with Gasteiger partial charge in [0, 0.05) is 40.3 Å². The zero-order valence-electron chi connectivity index (χ0n) is 15.4. The van der Waals surface area contributed by atoms with Gasteiger partial charge in [0.15, 0.2) is 0 Å². The van der Waals surface area contributed by atoms with Crippen molar-refractivity contribution in [2.75, 3.05) is 18.5 Å². The third-order valence-electron chi connectivity index (χ3n) is 4.94. The molecule has 0 radical (unpaired) electrons. The first-order chi connectivity index (χ1) is 13.0. The maximum Gasteiger partial charge on any atom is 0.131 e. The Morgan fingerprint density at radius 1 is 1.00 bits per heavy atom. The molecule has 0 aromatic heterocycles. The minimum Gasteiger partial charge on any atom is -0.487 e. The summed E-state index contributed by atoms with van der Waals surface area (Å²) in [6.07, 6.45) is 0.989. The first kappa shape index (κ1) is 18.2. The maximum atomic E-state index is 6.46. The Hall–Kier alpha value is -2.16. The normalized spacial score (nSPS) is 15.3. The lowest BCUT2D eigenvalue weighted by atomic mass is 9.97. The molecule has 138 valence electrons. The summed E-state index contributed by atoms with van der Waals surface area (Å²) < 4.78 is 6.39. The number of ether oxygens (including phenoxy) is 1. The fraction of sp³-hybridized carbons (Fsp3) is 0.217. The van der Waals surface area contributed by atoms with Crippen molar-refractivity contribution in [3.05, 3.63) is 81.8 Å². The van der Waals surface area contributed by atoms with Gasteiger partial charge in [-0.2, -0.15) is 0 Å². The van der Waals surface area contributed by atoms with Gasteiger partial charge in [-0.05, 0) is 54.4 Å². The van der Waals surface area contributed by atoms with Gasteiger partial charge in [0.25, 0.3) is 0 Å². The van der Waals surface area contributed by atoms with E-state index in [0.717, 1.165) is 29.8 Å². The molecule has 4 rings (SSSR count). The minimum absolute atomic E-state index is 0.101. The van der Waals surface area contributed by atoms with Crippen LogP contribution in [-0.2, 0) is 6.42 Å². The quantitative estimate of drug-likeness (QED) is 0.504. The summed E-state index contributed by atoms with van der Waals surface area (Å²) in [5.74, 6) is 0.927. The molecule has 4 heteroatoms. The Morgan fingerprint density at radius 3 is 2.56 bits per heavy atom. The Morgan fingerprint density at radius 2 is 1.78 bits per heavy atom. The van der Waals surface area contributed by atoms with E-state index in [1.807, 2.05) is 24.3 Å². The van der Waals surface area contributed by atoms with Gasteiger partial charge in [-0.1, -0.05) is 47.5 Å². The van der Waals surface area contributed by atoms with Gasteiger partial charge in [-0.3, -0.25) is 0 Å². The molecule has 0 amide bonds. The number of aryl methyl sites for hydroxylation is 1. The summed E-state index contributed by atoms with van der Waals surface area (Å²) in [6.45, 7) is 2.92. The van der Waals surface area contributed by atoms with Gasteiger partial charge in [-0.25, -0.2) is 0 Å². The smallest absolute Gasteiger partial charge is 0.131 e. The topological polar surface area (TPSA) is 12.5 Å². The summed E-state index contributed by atoms with van der Waals surface area (Å²) in [5.41, 5.74) is 5.54. The largest absolute Gasteiger partial charge is 0.487 e. The first-order valence-corrected chi connectivity index (χ1v) is 9.78. The lowest BCUT2D eigenvalue weighted by Gasteiger charge is -2.23. The van der Waals surface area contributed by atoms with Gasteiger partial charge in [0.05, 0.1) is 6.54 Å². The monoisotopic (exact) mass is 397 g/mol. The van der Waals surface area contributed by atoms with E-state index in [-0.39, 0.29) is 6.10 Å². The molecule has 0 bridgehead atoms. The summed E-state index contributed by atoms with van der Waals surface area (Å²) in [6, 6.07) is 20.3. The van der Waals surface area contributed by atoms with Crippen LogP contribution in [0.5, 0.6) is 5.75 Å². The molecule has 1 unspecified atom stereocenters. The Bertz CT molecular complexity index is 972. The van der Waals surface area contributed by atoms with Crippen LogP contribution < -0.4 is 9.64 Å². The van der Waals surface area contributed by atoms with Gasteiger partial charge in [-0.15, -0.1) is 0 Å². The fourth-order valence-corrected chi connectivity index (χ4v) is 4.08. The Labute approximate surface area is 170 Å². The molecule has 3 aromatic carbocycles. The van der Waals surface area contributed by atoms with Crippen molar-refractivity contribution >= 4 is 28.9 Å². The second kappa shape index (κ2) is 7.46. The van der Waals surface area contributed by atoms with Crippen molar-refractivity contribution in [2.24, 2.45) is 0 Å². The van der Waals surface area contributed by atoms with Crippen LogP contribution in [0.15, 0.2) is 60.7 Å². The summed E-state index contributed by atoms with van der Waals surface area (Å²) in [4.78, 5) is 2.23. The highest BCUT2D eigenvalue weighted by molar-refractivity contribution is 6.35. The van der Waals surface area contributed by atoms with Gasteiger partial charge < -0.3 is 9.64 Å². The van der Waals surface area contributed by atoms with Crippen molar-refractivity contribution in [3.8, 4) is 16.9 Å². The number of hydrogen-bond acceptors (Lipinski definition) is 2. The molecule has 3 aromatic rings. The number of likely N-dealkylation sites (N-methyl/N-ethyl adjacent to an activating group) is 1. The SMILES string of the molecule is Cc1cc2c(c(-c3cc(Cl)ccc3Cl)c1)OC(CN(C)c1ccccc1)C2. The lowest BCUT2D eigenvalue weighted by molar-refractivity contribution is 0.240. The van der Waals surface area contributed by atoms with Crippen LogP contribution in [0.25, 0.3) is 11.1 Å². The molecule has 2 nitrogen and oxygen atoms in total. The Kier molecular flexibility index (Phi) is 5.03. The average molecular weight is 398 g/mol. The van der Waals surface area contributed by atoms with Crippen molar-refractivity contribution in [2.45, 2.75) is 19.4 Å². The molecule has 1 aliphatic rings. The molecular weight excluding hydrogens is 377 g/mol. The maximum absolute atomic E-state index is 6.46. The highest BCUT2D eigenvalue weighted by Gasteiger charge is 2.28. The minimum atomic E-state index is 0.101. The number of hydrogen-bond donors (Lipinski definition) is 0. The van der Waals surface area contributed by atoms with E-state index in [9.17, 15) is 0 Å². The number of halogens is 2. The van der Waals surface area contributed by atoms with Gasteiger partial charge >= 0.3 is 0 Å². The van der Waals surface area contributed by atoms with Crippen LogP contribution in [0.4, 0.5) is 5.69 Å². The van der Waals surface area contributed by atoms with Crippen LogP contribution in [-0.4, -0.2) is 19.7 Å². The highest BCUT2D eigenvalue weighted by Crippen LogP contribution is 2.43. The molecule has 0 N–H and O–H groups in total. The number of fused-ring (bicyclic) bond motifs is 1. The number of rotatable bonds is 4. The van der Waals surface area contributed by atoms with Gasteiger partial charge in [0.1, 0.15) is 11.9 Å². The van der Waals surface area contributed by atoms with E-state index in [2.05, 4.69) is 55.3 Å². The zero-order chi connectivity index (χ0) is 19.0. The molecule has 1 atom stereocenters. The van der Waals surface area contributed by atoms with Crippen LogP contribution in [0.3, 0.4) is 0 Å². The molecule has 27 heavy (non-hydrogen) atoms. The fourth-order valence-electron chi connectivity index (χ4n) is 3.69. The van der Waals surface area contributed by atoms with Crippen LogP contribution in [0.1, 0.15) is 11.1 Å². The second-order valence-electron chi connectivity index (χ2n) is 7.08. The zero-order valence-corrected chi connectivity index (χ0v) is 16.9. The third-order valence-corrected chi connectivity index (χ3v) is 5.50. The predicted molar refractivity (Wildman–Crippen MR) is 114 cm³/mol. The lowest BCUT2D eigenvalue weighted by Crippen LogP contribution is -2.31. The molecule has 0 saturated carbocycles. The molecule has 0 fully saturated rings. The van der Waals surface area contributed by atoms with E-state index in [0.29, 0.717) is 10.0 Å². The van der Waals surface area contributed by atoms with Gasteiger partial charge in [0.2, 0.25) is 0 Å². The van der Waals surface area contributed by atoms with E-state index in [1.165, 1.54) is 16.8 Å². The molecule has 1 aliphatic heterocycles. The van der Waals surface area contributed by atoms with E-state index < -0.39 is 0 Å². The average Bonchev–Trinajstić information content (AvgIpc) is 3.05. The summed E-state index contributed by atoms with van der Waals surface area (Å²) >= 11 is 12.7. The van der Waals surface area contributed by atoms with E-state index >= 15 is 0 Å². The number of nitrogens with zero attached hydrogens (tertiary/aromatic N) is 1. The van der Waals surface area contributed by atoms with Crippen LogP contribution >= 0.6 is 23.2 Å². The molecule has 0 spiro atoms. The number of anilines is 1. The van der Waals surface area contributed by atoms with Crippen LogP contribution in [0.2, 0.25) is 10.0 Å². The van der Waals surface area contributed by atoms with Crippen LogP contribution in [0, 0.1) is 6.92 Å². The van der Waals surface area contributed by atoms with E-state index in [1.54, 1.807) is 0 Å². The van der Waals surface area contributed by atoms with Crippen molar-refractivity contribution in [3.63, 3.8) is 0 Å². The van der Waals surface area contributed by atoms with Crippen molar-refractivity contribution in [1.82, 2.24) is 0 Å². The molecule has 1 heterocycles. The molecular formula is C23H21Cl2NO. The van der Waals surface area contributed by atoms with E-state index in [4.69, 9.17) is 27.9 Å². The number of benzene rings is 3. The summed E-state index contributed by atoms with van der Waals surface area (Å²) in [7, 11) is 2.10. The highest BCUT2D eigenvalue weighted by atomic mass is 35.5. The molecule has 0 saturated heterocycles. The van der Waals surface area contributed by atoms with Crippen molar-refractivity contribution < 1.29 is 4.74 Å². The second-order valence-corrected chi connectivity index (χ2v) is 7.93. The molecule has 0 aliphatic carbocycles. The predicted octanol–water partition coefficient (Wildman–Crippen LogP) is 6.41. The third kappa shape index (κ3) is 3.78. The first-order valence-electron chi connectivity index (χ1n) is 9.03. The number of para-hydroxylation sites is 1.